The van der Waals surface area contributed by atoms with Crippen molar-refractivity contribution in [2.45, 2.75) is 25.5 Å². The van der Waals surface area contributed by atoms with Crippen molar-refractivity contribution < 1.29 is 9.66 Å². The van der Waals surface area contributed by atoms with Crippen molar-refractivity contribution in [2.24, 2.45) is 0 Å². The van der Waals surface area contributed by atoms with Crippen molar-refractivity contribution in [3.63, 3.8) is 0 Å². The van der Waals surface area contributed by atoms with E-state index in [4.69, 9.17) is 4.74 Å². The Kier molecular flexibility index (Phi) is 4.06. The maximum Gasteiger partial charge on any atom is 0.269 e. The van der Waals surface area contributed by atoms with Gasteiger partial charge in [0.15, 0.2) is 0 Å². The van der Waals surface area contributed by atoms with Gasteiger partial charge >= 0.3 is 0 Å². The van der Waals surface area contributed by atoms with E-state index in [0.29, 0.717) is 6.10 Å². The van der Waals surface area contributed by atoms with E-state index in [1.54, 1.807) is 12.1 Å². The lowest BCUT2D eigenvalue weighted by molar-refractivity contribution is -0.384. The summed E-state index contributed by atoms with van der Waals surface area (Å²) in [4.78, 5) is 10.1. The smallest absolute Gasteiger partial charge is 0.269 e. The van der Waals surface area contributed by atoms with E-state index in [2.05, 4.69) is 5.32 Å². The molecular formula is C12H16N2O3. The second kappa shape index (κ2) is 5.75. The van der Waals surface area contributed by atoms with Crippen LogP contribution in [0.5, 0.6) is 0 Å². The highest BCUT2D eigenvalue weighted by molar-refractivity contribution is 5.32. The summed E-state index contributed by atoms with van der Waals surface area (Å²) in [6.07, 6.45) is 2.59. The summed E-state index contributed by atoms with van der Waals surface area (Å²) in [5.41, 5.74) is 1.18. The SMILES string of the molecule is O=[N+]([O-])c1ccc(CNC[C@H]2CCCO2)cc1. The summed E-state index contributed by atoms with van der Waals surface area (Å²) in [6, 6.07) is 6.62. The van der Waals surface area contributed by atoms with Crippen molar-refractivity contribution in [3.8, 4) is 0 Å². The number of nitro groups is 1. The van der Waals surface area contributed by atoms with Gasteiger partial charge in [-0.05, 0) is 18.4 Å². The van der Waals surface area contributed by atoms with Gasteiger partial charge < -0.3 is 10.1 Å². The fourth-order valence-corrected chi connectivity index (χ4v) is 1.92. The Morgan fingerprint density at radius 1 is 1.41 bits per heavy atom. The summed E-state index contributed by atoms with van der Waals surface area (Å²) in [5.74, 6) is 0. The Morgan fingerprint density at radius 3 is 2.76 bits per heavy atom. The third-order valence-electron chi connectivity index (χ3n) is 2.87. The van der Waals surface area contributed by atoms with Crippen LogP contribution in [0.15, 0.2) is 24.3 Å². The van der Waals surface area contributed by atoms with Crippen LogP contribution in [0.1, 0.15) is 18.4 Å². The number of non-ortho nitro benzene ring substituents is 1. The van der Waals surface area contributed by atoms with Crippen molar-refractivity contribution in [3.05, 3.63) is 39.9 Å². The van der Waals surface area contributed by atoms with Crippen LogP contribution in [0.4, 0.5) is 5.69 Å². The third kappa shape index (κ3) is 3.51. The number of rotatable bonds is 5. The Bertz CT molecular complexity index is 372. The van der Waals surface area contributed by atoms with Crippen molar-refractivity contribution in [1.29, 1.82) is 0 Å². The molecule has 0 aromatic heterocycles. The minimum Gasteiger partial charge on any atom is -0.377 e. The number of nitrogens with one attached hydrogen (secondary N) is 1. The number of benzene rings is 1. The maximum atomic E-state index is 10.5. The summed E-state index contributed by atoms with van der Waals surface area (Å²) in [7, 11) is 0. The lowest BCUT2D eigenvalue weighted by Crippen LogP contribution is -2.25. The van der Waals surface area contributed by atoms with Crippen LogP contribution < -0.4 is 5.32 Å². The minimum atomic E-state index is -0.385. The van der Waals surface area contributed by atoms with Crippen molar-refractivity contribution in [1.82, 2.24) is 5.32 Å². The zero-order valence-corrected chi connectivity index (χ0v) is 9.59. The zero-order valence-electron chi connectivity index (χ0n) is 9.59. The monoisotopic (exact) mass is 236 g/mol. The fourth-order valence-electron chi connectivity index (χ4n) is 1.92. The molecule has 1 N–H and O–H groups in total. The highest BCUT2D eigenvalue weighted by Crippen LogP contribution is 2.13. The average Bonchev–Trinajstić information content (AvgIpc) is 2.83. The molecule has 1 atom stereocenters. The Hall–Kier alpha value is -1.46. The van der Waals surface area contributed by atoms with Crippen LogP contribution in [-0.2, 0) is 11.3 Å². The summed E-state index contributed by atoms with van der Waals surface area (Å²) < 4.78 is 5.49. The molecular weight excluding hydrogens is 220 g/mol. The van der Waals surface area contributed by atoms with E-state index in [9.17, 15) is 10.1 Å². The second-order valence-corrected chi connectivity index (χ2v) is 4.19. The summed E-state index contributed by atoms with van der Waals surface area (Å²) >= 11 is 0. The minimum absolute atomic E-state index is 0.132. The number of nitro benzene ring substituents is 1. The van der Waals surface area contributed by atoms with Crippen LogP contribution in [0.25, 0.3) is 0 Å². The molecule has 92 valence electrons. The molecule has 5 heteroatoms. The molecule has 1 saturated heterocycles. The molecule has 0 radical (unpaired) electrons. The summed E-state index contributed by atoms with van der Waals surface area (Å²) in [5, 5.41) is 13.8. The van der Waals surface area contributed by atoms with Gasteiger partial charge in [0.05, 0.1) is 11.0 Å². The van der Waals surface area contributed by atoms with Crippen LogP contribution >= 0.6 is 0 Å². The standard InChI is InChI=1S/C12H16N2O3/c15-14(16)11-5-3-10(4-6-11)8-13-9-12-2-1-7-17-12/h3-6,12-13H,1-2,7-9H2/t12-/m1/s1. The number of hydrogen-bond donors (Lipinski definition) is 1. The molecule has 1 aliphatic rings. The molecule has 1 aromatic rings. The van der Waals surface area contributed by atoms with E-state index in [0.717, 1.165) is 38.1 Å². The lowest BCUT2D eigenvalue weighted by atomic mass is 10.2. The van der Waals surface area contributed by atoms with Crippen LogP contribution in [-0.4, -0.2) is 24.2 Å². The van der Waals surface area contributed by atoms with E-state index >= 15 is 0 Å². The maximum absolute atomic E-state index is 10.5. The van der Waals surface area contributed by atoms with Gasteiger partial charge in [0.1, 0.15) is 0 Å². The van der Waals surface area contributed by atoms with Gasteiger partial charge in [-0.3, -0.25) is 10.1 Å². The molecule has 5 nitrogen and oxygen atoms in total. The van der Waals surface area contributed by atoms with Gasteiger partial charge in [0.2, 0.25) is 0 Å². The first-order valence-corrected chi connectivity index (χ1v) is 5.81. The first-order chi connectivity index (χ1) is 8.25. The molecule has 0 amide bonds. The molecule has 0 unspecified atom stereocenters. The molecule has 17 heavy (non-hydrogen) atoms. The largest absolute Gasteiger partial charge is 0.377 e. The van der Waals surface area contributed by atoms with Gasteiger partial charge in [-0.25, -0.2) is 0 Å². The Morgan fingerprint density at radius 2 is 2.18 bits per heavy atom. The molecule has 1 aliphatic heterocycles. The molecule has 2 rings (SSSR count). The molecule has 0 aliphatic carbocycles. The van der Waals surface area contributed by atoms with Crippen LogP contribution in [0.2, 0.25) is 0 Å². The Labute approximate surface area is 99.9 Å². The Balaban J connectivity index is 1.76. The number of nitrogens with zero attached hydrogens (tertiary/aromatic N) is 1. The van der Waals surface area contributed by atoms with Gasteiger partial charge in [-0.15, -0.1) is 0 Å². The highest BCUT2D eigenvalue weighted by atomic mass is 16.6. The van der Waals surface area contributed by atoms with Crippen molar-refractivity contribution in [2.75, 3.05) is 13.2 Å². The van der Waals surface area contributed by atoms with Crippen LogP contribution in [0.3, 0.4) is 0 Å². The molecule has 0 bridgehead atoms. The lowest BCUT2D eigenvalue weighted by Gasteiger charge is -2.10. The van der Waals surface area contributed by atoms with Gasteiger partial charge in [0.25, 0.3) is 5.69 Å². The predicted octanol–water partition coefficient (Wildman–Crippen LogP) is 1.86. The van der Waals surface area contributed by atoms with E-state index < -0.39 is 0 Å². The fraction of sp³-hybridized carbons (Fsp3) is 0.500. The zero-order chi connectivity index (χ0) is 12.1. The van der Waals surface area contributed by atoms with Gasteiger partial charge in [0, 0.05) is 31.8 Å². The quantitative estimate of drug-likeness (QED) is 0.626. The van der Waals surface area contributed by atoms with E-state index in [1.165, 1.54) is 12.1 Å². The van der Waals surface area contributed by atoms with E-state index in [-0.39, 0.29) is 10.6 Å². The predicted molar refractivity (Wildman–Crippen MR) is 63.8 cm³/mol. The van der Waals surface area contributed by atoms with Gasteiger partial charge in [-0.1, -0.05) is 12.1 Å². The summed E-state index contributed by atoms with van der Waals surface area (Å²) in [6.45, 7) is 2.43. The van der Waals surface area contributed by atoms with Crippen LogP contribution in [0, 0.1) is 10.1 Å². The molecule has 1 fully saturated rings. The first-order valence-electron chi connectivity index (χ1n) is 5.81. The van der Waals surface area contributed by atoms with Crippen molar-refractivity contribution >= 4 is 5.69 Å². The second-order valence-electron chi connectivity index (χ2n) is 4.19. The van der Waals surface area contributed by atoms with Gasteiger partial charge in [-0.2, -0.15) is 0 Å². The number of ether oxygens (including phenoxy) is 1. The highest BCUT2D eigenvalue weighted by Gasteiger charge is 2.14. The normalized spacial score (nSPS) is 19.4. The molecule has 1 aromatic carbocycles. The molecule has 0 saturated carbocycles. The number of hydrogen-bond acceptors (Lipinski definition) is 4. The first kappa shape index (κ1) is 12.0. The average molecular weight is 236 g/mol. The van der Waals surface area contributed by atoms with E-state index in [1.807, 2.05) is 0 Å². The molecule has 1 heterocycles. The topological polar surface area (TPSA) is 64.4 Å². The molecule has 0 spiro atoms. The third-order valence-corrected chi connectivity index (χ3v) is 2.87.